The molecule has 0 saturated carbocycles. The van der Waals surface area contributed by atoms with Crippen LogP contribution in [0.25, 0.3) is 0 Å². The van der Waals surface area contributed by atoms with Crippen molar-refractivity contribution in [3.05, 3.63) is 0 Å². The molecule has 41 heavy (non-hydrogen) atoms. The van der Waals surface area contributed by atoms with Crippen molar-refractivity contribution < 1.29 is 60.0 Å². The number of carbonyl (C=O) groups is 4. The summed E-state index contributed by atoms with van der Waals surface area (Å²) in [6.07, 6.45) is -8.62. The molecule has 248 valence electrons. The molecule has 12 nitrogen and oxygen atoms in total. The maximum absolute atomic E-state index is 10.5. The predicted octanol–water partition coefficient (Wildman–Crippen LogP) is 0.449. The second-order valence-corrected chi connectivity index (χ2v) is 11.2. The molecule has 0 heterocycles. The van der Waals surface area contributed by atoms with Crippen LogP contribution in [0.2, 0.25) is 0 Å². The minimum absolute atomic E-state index is 0. The minimum atomic E-state index is -1.22. The molecule has 0 fully saturated rings. The fraction of sp³-hybridized carbons (Fsp3) is 0.862. The molecule has 0 aliphatic heterocycles. The Kier molecular flexibility index (Phi) is 29.8. The zero-order valence-electron chi connectivity index (χ0n) is 26.1. The number of Topliss-reactive ketones (excluding diaryl/α,β-unsaturated/α-hetero) is 4. The second-order valence-electron chi connectivity index (χ2n) is 11.2. The molecule has 0 saturated heterocycles. The highest BCUT2D eigenvalue weighted by Gasteiger charge is 2.25. The average Bonchev–Trinajstić information content (AvgIpc) is 2.85. The van der Waals surface area contributed by atoms with Gasteiger partial charge in [-0.3, -0.25) is 19.2 Å². The van der Waals surface area contributed by atoms with Crippen molar-refractivity contribution in [2.45, 2.75) is 139 Å². The first-order chi connectivity index (χ1) is 17.9. The van der Waals surface area contributed by atoms with Crippen molar-refractivity contribution in [1.29, 1.82) is 0 Å². The molecular weight excluding hydrogens is 540 g/mol. The van der Waals surface area contributed by atoms with Crippen LogP contribution >= 0.6 is 0 Å². The highest BCUT2D eigenvalue weighted by molar-refractivity contribution is 5.81. The molecule has 0 unspecified atom stereocenters. The Labute approximate surface area is 246 Å². The van der Waals surface area contributed by atoms with Gasteiger partial charge in [0.15, 0.2) is 23.1 Å². The smallest absolute Gasteiger partial charge is 0.160 e. The first kappa shape index (κ1) is 49.1. The predicted molar refractivity (Wildman–Crippen MR) is 157 cm³/mol. The summed E-state index contributed by atoms with van der Waals surface area (Å²) in [5, 5.41) is 72.2. The normalized spacial score (nSPS) is 16.6. The third kappa shape index (κ3) is 23.6. The van der Waals surface area contributed by atoms with Crippen molar-refractivity contribution in [2.75, 3.05) is 0 Å². The lowest BCUT2D eigenvalue weighted by Gasteiger charge is -2.17. The van der Waals surface area contributed by atoms with Crippen molar-refractivity contribution in [2.24, 2.45) is 23.7 Å². The van der Waals surface area contributed by atoms with Gasteiger partial charge in [0.2, 0.25) is 0 Å². The standard InChI is InChI=1S/4C7H14O3.CH4/c4*1-4(2)6(9)7(10)5(3)8;/h4*4,6-7,9-10H,1-3H3;1H4/t2*6-,7+;2*6-,7-;/m1010./s1. The Morgan fingerprint density at radius 2 is 0.439 bits per heavy atom. The van der Waals surface area contributed by atoms with Crippen molar-refractivity contribution in [1.82, 2.24) is 0 Å². The SMILES string of the molecule is C.CC(=O)[C@@H](O)[C@@H](O)C(C)C.CC(=O)[C@@H](O)[C@H](O)C(C)C.CC(=O)[C@H](O)[C@@H](O)C(C)C.CC(=O)[C@H](O)[C@H](O)C(C)C. The van der Waals surface area contributed by atoms with E-state index in [4.69, 9.17) is 40.9 Å². The molecule has 0 amide bonds. The van der Waals surface area contributed by atoms with Crippen LogP contribution in [0.1, 0.15) is 90.5 Å². The van der Waals surface area contributed by atoms with Gasteiger partial charge in [0.25, 0.3) is 0 Å². The molecule has 0 aromatic rings. The summed E-state index contributed by atoms with van der Waals surface area (Å²) < 4.78 is 0. The van der Waals surface area contributed by atoms with Crippen molar-refractivity contribution >= 4 is 23.1 Å². The first-order valence-electron chi connectivity index (χ1n) is 13.3. The minimum Gasteiger partial charge on any atom is -0.390 e. The topological polar surface area (TPSA) is 230 Å². The Morgan fingerprint density at radius 3 is 0.463 bits per heavy atom. The van der Waals surface area contributed by atoms with Crippen LogP contribution in [0, 0.1) is 23.7 Å². The van der Waals surface area contributed by atoms with E-state index in [1.54, 1.807) is 55.4 Å². The Balaban J connectivity index is -0.000000139. The van der Waals surface area contributed by atoms with Crippen molar-refractivity contribution in [3.8, 4) is 0 Å². The van der Waals surface area contributed by atoms with Gasteiger partial charge in [-0.25, -0.2) is 0 Å². The molecule has 0 bridgehead atoms. The molecule has 0 aliphatic rings. The number of aliphatic hydroxyl groups is 8. The van der Waals surface area contributed by atoms with Crippen LogP contribution in [-0.2, 0) is 19.2 Å². The van der Waals surface area contributed by atoms with Gasteiger partial charge >= 0.3 is 0 Å². The molecule has 0 rings (SSSR count). The molecule has 0 spiro atoms. The number of carbonyl (C=O) groups excluding carboxylic acids is 4. The summed E-state index contributed by atoms with van der Waals surface area (Å²) in [5.41, 5.74) is 0. The fourth-order valence-electron chi connectivity index (χ4n) is 2.42. The lowest BCUT2D eigenvalue weighted by molar-refractivity contribution is -0.133. The largest absolute Gasteiger partial charge is 0.390 e. The Bertz CT molecular complexity index is 601. The van der Waals surface area contributed by atoms with Crippen LogP contribution in [-0.4, -0.2) is 113 Å². The Hall–Kier alpha value is -1.64. The van der Waals surface area contributed by atoms with Gasteiger partial charge in [0.05, 0.1) is 24.4 Å². The van der Waals surface area contributed by atoms with E-state index in [-0.39, 0.29) is 54.2 Å². The summed E-state index contributed by atoms with van der Waals surface area (Å²) >= 11 is 0. The van der Waals surface area contributed by atoms with Gasteiger partial charge in [-0.05, 0) is 51.4 Å². The number of rotatable bonds is 12. The highest BCUT2D eigenvalue weighted by atomic mass is 16.3. The lowest BCUT2D eigenvalue weighted by Crippen LogP contribution is -2.35. The maximum Gasteiger partial charge on any atom is 0.160 e. The quantitative estimate of drug-likeness (QED) is 0.153. The van der Waals surface area contributed by atoms with E-state index in [1.807, 2.05) is 0 Å². The van der Waals surface area contributed by atoms with Crippen LogP contribution in [0.4, 0.5) is 0 Å². The zero-order valence-corrected chi connectivity index (χ0v) is 26.1. The lowest BCUT2D eigenvalue weighted by atomic mass is 10.00. The van der Waals surface area contributed by atoms with Gasteiger partial charge in [-0.15, -0.1) is 0 Å². The molecule has 0 radical (unpaired) electrons. The summed E-state index contributed by atoms with van der Waals surface area (Å²) in [5.74, 6) is -1.89. The van der Waals surface area contributed by atoms with E-state index in [2.05, 4.69) is 0 Å². The maximum atomic E-state index is 10.5. The number of ketones is 4. The van der Waals surface area contributed by atoms with Gasteiger partial charge in [0.1, 0.15) is 24.4 Å². The third-order valence-electron chi connectivity index (χ3n) is 5.69. The number of hydrogen-bond acceptors (Lipinski definition) is 12. The van der Waals surface area contributed by atoms with E-state index in [1.165, 1.54) is 27.7 Å². The van der Waals surface area contributed by atoms with E-state index in [9.17, 15) is 19.2 Å². The van der Waals surface area contributed by atoms with Crippen molar-refractivity contribution in [3.63, 3.8) is 0 Å². The van der Waals surface area contributed by atoms with Gasteiger partial charge in [0, 0.05) is 0 Å². The summed E-state index contributed by atoms with van der Waals surface area (Å²) in [4.78, 5) is 41.9. The van der Waals surface area contributed by atoms with E-state index in [0.717, 1.165) is 0 Å². The zero-order chi connectivity index (χ0) is 33.2. The molecule has 12 heteroatoms. The second kappa shape index (κ2) is 24.9. The van der Waals surface area contributed by atoms with E-state index < -0.39 is 48.8 Å². The molecular formula is C29H60O12. The average molecular weight is 601 g/mol. The number of aliphatic hydroxyl groups excluding tert-OH is 8. The summed E-state index contributed by atoms with van der Waals surface area (Å²) in [6.45, 7) is 19.0. The fourth-order valence-corrected chi connectivity index (χ4v) is 2.42. The van der Waals surface area contributed by atoms with Gasteiger partial charge in [-0.2, -0.15) is 0 Å². The summed E-state index contributed by atoms with van der Waals surface area (Å²) in [7, 11) is 0. The van der Waals surface area contributed by atoms with E-state index in [0.29, 0.717) is 0 Å². The van der Waals surface area contributed by atoms with Crippen LogP contribution in [0.3, 0.4) is 0 Å². The van der Waals surface area contributed by atoms with Gasteiger partial charge < -0.3 is 40.9 Å². The monoisotopic (exact) mass is 600 g/mol. The molecule has 0 aromatic heterocycles. The molecule has 0 aliphatic carbocycles. The third-order valence-corrected chi connectivity index (χ3v) is 5.69. The Morgan fingerprint density at radius 1 is 0.341 bits per heavy atom. The van der Waals surface area contributed by atoms with Crippen LogP contribution < -0.4 is 0 Å². The highest BCUT2D eigenvalue weighted by Crippen LogP contribution is 2.08. The summed E-state index contributed by atoms with van der Waals surface area (Å²) in [6, 6.07) is 0. The number of hydrogen-bond donors (Lipinski definition) is 8. The molecule has 8 N–H and O–H groups in total. The molecule has 0 aromatic carbocycles. The van der Waals surface area contributed by atoms with Crippen LogP contribution in [0.5, 0.6) is 0 Å². The van der Waals surface area contributed by atoms with Crippen LogP contribution in [0.15, 0.2) is 0 Å². The molecule has 8 atom stereocenters. The first-order valence-corrected chi connectivity index (χ1v) is 13.3. The van der Waals surface area contributed by atoms with E-state index >= 15 is 0 Å². The van der Waals surface area contributed by atoms with Gasteiger partial charge in [-0.1, -0.05) is 62.8 Å².